The molecule has 0 spiro atoms. The summed E-state index contributed by atoms with van der Waals surface area (Å²) < 4.78 is 5.41. The first-order chi connectivity index (χ1) is 8.09. The SMILES string of the molecule is CN(C)C(=O)CC(N)c1coc2ccccc12. The van der Waals surface area contributed by atoms with Gasteiger partial charge in [0.1, 0.15) is 5.58 Å². The highest BCUT2D eigenvalue weighted by Gasteiger charge is 2.17. The van der Waals surface area contributed by atoms with E-state index in [9.17, 15) is 4.79 Å². The molecule has 2 N–H and O–H groups in total. The lowest BCUT2D eigenvalue weighted by Crippen LogP contribution is -2.26. The molecule has 0 saturated carbocycles. The van der Waals surface area contributed by atoms with Gasteiger partial charge in [-0.2, -0.15) is 0 Å². The Morgan fingerprint density at radius 3 is 2.82 bits per heavy atom. The van der Waals surface area contributed by atoms with E-state index in [1.165, 1.54) is 0 Å². The van der Waals surface area contributed by atoms with Crippen molar-refractivity contribution in [1.82, 2.24) is 4.90 Å². The first kappa shape index (κ1) is 11.7. The van der Waals surface area contributed by atoms with Crippen LogP contribution in [-0.4, -0.2) is 24.9 Å². The summed E-state index contributed by atoms with van der Waals surface area (Å²) in [4.78, 5) is 13.1. The van der Waals surface area contributed by atoms with Gasteiger partial charge in [0.15, 0.2) is 0 Å². The summed E-state index contributed by atoms with van der Waals surface area (Å²) in [7, 11) is 3.45. The molecule has 2 rings (SSSR count). The highest BCUT2D eigenvalue weighted by atomic mass is 16.3. The molecule has 1 aromatic heterocycles. The summed E-state index contributed by atoms with van der Waals surface area (Å²) in [6, 6.07) is 7.36. The van der Waals surface area contributed by atoms with E-state index in [1.807, 2.05) is 24.3 Å². The fourth-order valence-electron chi connectivity index (χ4n) is 1.77. The molecule has 4 heteroatoms. The zero-order chi connectivity index (χ0) is 12.4. The molecule has 0 fully saturated rings. The number of nitrogens with two attached hydrogens (primary N) is 1. The van der Waals surface area contributed by atoms with Gasteiger partial charge >= 0.3 is 0 Å². The van der Waals surface area contributed by atoms with Gasteiger partial charge in [-0.25, -0.2) is 0 Å². The fraction of sp³-hybridized carbons (Fsp3) is 0.308. The van der Waals surface area contributed by atoms with E-state index in [4.69, 9.17) is 10.2 Å². The molecule has 0 aliphatic heterocycles. The Hall–Kier alpha value is -1.81. The summed E-state index contributed by atoms with van der Waals surface area (Å²) in [6.45, 7) is 0. The van der Waals surface area contributed by atoms with Gasteiger partial charge in [0.05, 0.1) is 6.26 Å². The number of fused-ring (bicyclic) bond motifs is 1. The molecule has 2 aromatic rings. The van der Waals surface area contributed by atoms with Crippen LogP contribution in [-0.2, 0) is 4.79 Å². The number of rotatable bonds is 3. The maximum Gasteiger partial charge on any atom is 0.223 e. The number of carbonyl (C=O) groups excluding carboxylic acids is 1. The number of carbonyl (C=O) groups is 1. The quantitative estimate of drug-likeness (QED) is 0.879. The summed E-state index contributed by atoms with van der Waals surface area (Å²) in [5, 5.41) is 0.978. The molecule has 1 unspecified atom stereocenters. The number of hydrogen-bond acceptors (Lipinski definition) is 3. The topological polar surface area (TPSA) is 59.5 Å². The van der Waals surface area contributed by atoms with Gasteiger partial charge in [0.25, 0.3) is 0 Å². The Labute approximate surface area is 100.0 Å². The maximum absolute atomic E-state index is 11.6. The van der Waals surface area contributed by atoms with Crippen molar-refractivity contribution in [2.24, 2.45) is 5.73 Å². The lowest BCUT2D eigenvalue weighted by molar-refractivity contribution is -0.129. The molecule has 0 aliphatic carbocycles. The highest BCUT2D eigenvalue weighted by Crippen LogP contribution is 2.26. The average molecular weight is 232 g/mol. The van der Waals surface area contributed by atoms with Crippen LogP contribution >= 0.6 is 0 Å². The van der Waals surface area contributed by atoms with Crippen molar-refractivity contribution in [3.8, 4) is 0 Å². The zero-order valence-electron chi connectivity index (χ0n) is 10.0. The Kier molecular flexibility index (Phi) is 3.15. The standard InChI is InChI=1S/C13H16N2O2/c1-15(2)13(16)7-11(14)10-8-17-12-6-4-3-5-9(10)12/h3-6,8,11H,7,14H2,1-2H3. The first-order valence-corrected chi connectivity index (χ1v) is 5.51. The Balaban J connectivity index is 2.25. The number of hydrogen-bond donors (Lipinski definition) is 1. The van der Waals surface area contributed by atoms with E-state index >= 15 is 0 Å². The van der Waals surface area contributed by atoms with E-state index < -0.39 is 0 Å². The maximum atomic E-state index is 11.6. The Morgan fingerprint density at radius 1 is 1.41 bits per heavy atom. The minimum absolute atomic E-state index is 0.0165. The number of benzene rings is 1. The van der Waals surface area contributed by atoms with E-state index in [1.54, 1.807) is 25.3 Å². The van der Waals surface area contributed by atoms with Crippen LogP contribution in [0, 0.1) is 0 Å². The zero-order valence-corrected chi connectivity index (χ0v) is 10.0. The number of amides is 1. The summed E-state index contributed by atoms with van der Waals surface area (Å²) >= 11 is 0. The number of nitrogens with zero attached hydrogens (tertiary/aromatic N) is 1. The highest BCUT2D eigenvalue weighted by molar-refractivity contribution is 5.83. The fourth-order valence-corrected chi connectivity index (χ4v) is 1.77. The van der Waals surface area contributed by atoms with Crippen LogP contribution < -0.4 is 5.73 Å². The van der Waals surface area contributed by atoms with Gasteiger partial charge in [-0.15, -0.1) is 0 Å². The van der Waals surface area contributed by atoms with Crippen LogP contribution in [0.2, 0.25) is 0 Å². The van der Waals surface area contributed by atoms with Gasteiger partial charge < -0.3 is 15.1 Å². The van der Waals surface area contributed by atoms with Crippen molar-refractivity contribution in [2.45, 2.75) is 12.5 Å². The second-order valence-corrected chi connectivity index (χ2v) is 4.29. The van der Waals surface area contributed by atoms with Crippen LogP contribution in [0.3, 0.4) is 0 Å². The van der Waals surface area contributed by atoms with Gasteiger partial charge in [0, 0.05) is 37.5 Å². The van der Waals surface area contributed by atoms with Gasteiger partial charge in [-0.1, -0.05) is 18.2 Å². The summed E-state index contributed by atoms with van der Waals surface area (Å²) in [5.74, 6) is 0.0165. The molecule has 0 saturated heterocycles. The predicted molar refractivity (Wildman–Crippen MR) is 66.5 cm³/mol. The first-order valence-electron chi connectivity index (χ1n) is 5.51. The third kappa shape index (κ3) is 2.31. The normalized spacial score (nSPS) is 12.6. The van der Waals surface area contributed by atoms with Crippen LogP contribution in [0.15, 0.2) is 34.9 Å². The van der Waals surface area contributed by atoms with E-state index in [0.29, 0.717) is 0 Å². The van der Waals surface area contributed by atoms with Crippen molar-refractivity contribution >= 4 is 16.9 Å². The molecule has 0 aliphatic rings. The molecule has 17 heavy (non-hydrogen) atoms. The van der Waals surface area contributed by atoms with E-state index in [0.717, 1.165) is 16.5 Å². The molecule has 1 atom stereocenters. The lowest BCUT2D eigenvalue weighted by Gasteiger charge is -2.14. The van der Waals surface area contributed by atoms with Crippen LogP contribution in [0.5, 0.6) is 0 Å². The third-order valence-electron chi connectivity index (χ3n) is 2.80. The molecule has 90 valence electrons. The minimum Gasteiger partial charge on any atom is -0.464 e. The lowest BCUT2D eigenvalue weighted by atomic mass is 10.0. The summed E-state index contributed by atoms with van der Waals surface area (Å²) in [5.41, 5.74) is 7.72. The molecular weight excluding hydrogens is 216 g/mol. The molecule has 1 amide bonds. The molecule has 1 heterocycles. The van der Waals surface area contributed by atoms with Crippen molar-refractivity contribution < 1.29 is 9.21 Å². The third-order valence-corrected chi connectivity index (χ3v) is 2.80. The predicted octanol–water partition coefficient (Wildman–Crippen LogP) is 1.91. The molecule has 4 nitrogen and oxygen atoms in total. The van der Waals surface area contributed by atoms with Crippen molar-refractivity contribution in [1.29, 1.82) is 0 Å². The van der Waals surface area contributed by atoms with E-state index in [2.05, 4.69) is 0 Å². The van der Waals surface area contributed by atoms with Crippen molar-refractivity contribution in [3.63, 3.8) is 0 Å². The molecular formula is C13H16N2O2. The summed E-state index contributed by atoms with van der Waals surface area (Å²) in [6.07, 6.45) is 1.93. The van der Waals surface area contributed by atoms with Crippen LogP contribution in [0.4, 0.5) is 0 Å². The second-order valence-electron chi connectivity index (χ2n) is 4.29. The molecule has 0 radical (unpaired) electrons. The number of para-hydroxylation sites is 1. The molecule has 1 aromatic carbocycles. The average Bonchev–Trinajstić information content (AvgIpc) is 2.72. The number of furan rings is 1. The minimum atomic E-state index is -0.325. The smallest absolute Gasteiger partial charge is 0.223 e. The largest absolute Gasteiger partial charge is 0.464 e. The van der Waals surface area contributed by atoms with Crippen molar-refractivity contribution in [3.05, 3.63) is 36.1 Å². The van der Waals surface area contributed by atoms with Crippen LogP contribution in [0.1, 0.15) is 18.0 Å². The van der Waals surface area contributed by atoms with Crippen LogP contribution in [0.25, 0.3) is 11.0 Å². The Morgan fingerprint density at radius 2 is 2.12 bits per heavy atom. The van der Waals surface area contributed by atoms with Gasteiger partial charge in [-0.3, -0.25) is 4.79 Å². The van der Waals surface area contributed by atoms with E-state index in [-0.39, 0.29) is 18.4 Å². The monoisotopic (exact) mass is 232 g/mol. The molecule has 0 bridgehead atoms. The Bertz CT molecular complexity index is 531. The van der Waals surface area contributed by atoms with Crippen molar-refractivity contribution in [2.75, 3.05) is 14.1 Å². The second kappa shape index (κ2) is 4.59. The van der Waals surface area contributed by atoms with Gasteiger partial charge in [0.2, 0.25) is 5.91 Å². The van der Waals surface area contributed by atoms with Gasteiger partial charge in [-0.05, 0) is 6.07 Å².